The van der Waals surface area contributed by atoms with E-state index < -0.39 is 0 Å². The Morgan fingerprint density at radius 3 is 2.26 bits per heavy atom. The quantitative estimate of drug-likeness (QED) is 0.593. The molecule has 1 fully saturated rings. The van der Waals surface area contributed by atoms with Crippen molar-refractivity contribution in [3.63, 3.8) is 0 Å². The topological polar surface area (TPSA) is 35.6 Å². The van der Waals surface area contributed by atoms with Crippen molar-refractivity contribution in [2.24, 2.45) is 5.92 Å². The molecule has 0 bridgehead atoms. The van der Waals surface area contributed by atoms with E-state index in [2.05, 4.69) is 42.8 Å². The molecule has 4 nitrogen and oxygen atoms in total. The minimum atomic E-state index is 0.364. The zero-order valence-electron chi connectivity index (χ0n) is 15.9. The van der Waals surface area contributed by atoms with Crippen LogP contribution in [0.1, 0.15) is 66.2 Å². The van der Waals surface area contributed by atoms with E-state index in [1.54, 1.807) is 0 Å². The molecule has 0 aromatic rings. The lowest BCUT2D eigenvalue weighted by atomic mass is 10.1. The van der Waals surface area contributed by atoms with Crippen molar-refractivity contribution < 1.29 is 4.79 Å². The molecular weight excluding hydrogens is 286 g/mol. The van der Waals surface area contributed by atoms with Gasteiger partial charge in [0.2, 0.25) is 5.91 Å². The first-order chi connectivity index (χ1) is 11.0. The first-order valence-corrected chi connectivity index (χ1v) is 9.72. The fourth-order valence-corrected chi connectivity index (χ4v) is 3.07. The highest BCUT2D eigenvalue weighted by molar-refractivity contribution is 5.76. The van der Waals surface area contributed by atoms with E-state index in [1.807, 2.05) is 0 Å². The van der Waals surface area contributed by atoms with Crippen LogP contribution >= 0.6 is 0 Å². The molecule has 0 aromatic carbocycles. The van der Waals surface area contributed by atoms with Gasteiger partial charge in [-0.2, -0.15) is 0 Å². The van der Waals surface area contributed by atoms with Gasteiger partial charge in [0.1, 0.15) is 0 Å². The predicted octanol–water partition coefficient (Wildman–Crippen LogP) is 3.13. The number of rotatable bonds is 11. The Bertz CT molecular complexity index is 310. The molecule has 1 amide bonds. The second-order valence-electron chi connectivity index (χ2n) is 7.68. The fraction of sp³-hybridized carbons (Fsp3) is 0.947. The molecule has 1 aliphatic heterocycles. The third-order valence-corrected chi connectivity index (χ3v) is 4.60. The first kappa shape index (κ1) is 20.4. The number of carbonyl (C=O) groups excluding carboxylic acids is 1. The summed E-state index contributed by atoms with van der Waals surface area (Å²) in [7, 11) is 0. The van der Waals surface area contributed by atoms with Crippen molar-refractivity contribution in [1.29, 1.82) is 0 Å². The van der Waals surface area contributed by atoms with Crippen molar-refractivity contribution in [3.05, 3.63) is 0 Å². The molecule has 136 valence electrons. The van der Waals surface area contributed by atoms with Crippen molar-refractivity contribution in [3.8, 4) is 0 Å². The SMILES string of the molecule is CC(C)CCCN1CCN(C(=O)CCCCCNC(C)C)CC1. The lowest BCUT2D eigenvalue weighted by Gasteiger charge is -2.35. The normalized spacial score (nSPS) is 16.5. The van der Waals surface area contributed by atoms with Crippen LogP contribution in [0.5, 0.6) is 0 Å². The number of unbranched alkanes of at least 4 members (excludes halogenated alkanes) is 2. The van der Waals surface area contributed by atoms with Gasteiger partial charge < -0.3 is 10.2 Å². The highest BCUT2D eigenvalue weighted by Gasteiger charge is 2.20. The Morgan fingerprint density at radius 1 is 0.957 bits per heavy atom. The largest absolute Gasteiger partial charge is 0.340 e. The maximum Gasteiger partial charge on any atom is 0.222 e. The van der Waals surface area contributed by atoms with E-state index in [0.29, 0.717) is 11.9 Å². The molecule has 1 heterocycles. The van der Waals surface area contributed by atoms with Gasteiger partial charge in [0.05, 0.1) is 0 Å². The molecule has 0 aliphatic carbocycles. The van der Waals surface area contributed by atoms with Crippen LogP contribution in [0.4, 0.5) is 0 Å². The summed E-state index contributed by atoms with van der Waals surface area (Å²) in [6.45, 7) is 15.2. The summed E-state index contributed by atoms with van der Waals surface area (Å²) in [5.41, 5.74) is 0. The molecule has 1 N–H and O–H groups in total. The number of hydrogen-bond acceptors (Lipinski definition) is 3. The number of hydrogen-bond donors (Lipinski definition) is 1. The van der Waals surface area contributed by atoms with Gasteiger partial charge in [0.25, 0.3) is 0 Å². The predicted molar refractivity (Wildman–Crippen MR) is 98.7 cm³/mol. The molecule has 0 aromatic heterocycles. The van der Waals surface area contributed by atoms with Crippen LogP contribution in [0, 0.1) is 5.92 Å². The molecule has 1 rings (SSSR count). The third-order valence-electron chi connectivity index (χ3n) is 4.60. The average Bonchev–Trinajstić information content (AvgIpc) is 2.50. The molecule has 1 aliphatic rings. The summed E-state index contributed by atoms with van der Waals surface area (Å²) in [5.74, 6) is 1.16. The van der Waals surface area contributed by atoms with Crippen LogP contribution < -0.4 is 5.32 Å². The van der Waals surface area contributed by atoms with E-state index in [1.165, 1.54) is 25.8 Å². The lowest BCUT2D eigenvalue weighted by molar-refractivity contribution is -0.133. The molecule has 0 spiro atoms. The van der Waals surface area contributed by atoms with Gasteiger partial charge >= 0.3 is 0 Å². The summed E-state index contributed by atoms with van der Waals surface area (Å²) in [6, 6.07) is 0.563. The monoisotopic (exact) mass is 325 g/mol. The summed E-state index contributed by atoms with van der Waals surface area (Å²) >= 11 is 0. The molecule has 0 atom stereocenters. The number of nitrogens with zero attached hydrogens (tertiary/aromatic N) is 2. The van der Waals surface area contributed by atoms with Crippen molar-refractivity contribution in [2.75, 3.05) is 39.3 Å². The molecule has 0 unspecified atom stereocenters. The zero-order chi connectivity index (χ0) is 17.1. The van der Waals surface area contributed by atoms with E-state index in [-0.39, 0.29) is 0 Å². The summed E-state index contributed by atoms with van der Waals surface area (Å²) in [5, 5.41) is 3.42. The third kappa shape index (κ3) is 9.98. The van der Waals surface area contributed by atoms with E-state index in [4.69, 9.17) is 0 Å². The van der Waals surface area contributed by atoms with Crippen molar-refractivity contribution in [1.82, 2.24) is 15.1 Å². The Morgan fingerprint density at radius 2 is 1.65 bits per heavy atom. The van der Waals surface area contributed by atoms with Gasteiger partial charge in [0, 0.05) is 38.6 Å². The molecule has 0 radical (unpaired) electrons. The minimum absolute atomic E-state index is 0.364. The Hall–Kier alpha value is -0.610. The Kier molecular flexibility index (Phi) is 10.5. The lowest BCUT2D eigenvalue weighted by Crippen LogP contribution is -2.48. The number of carbonyl (C=O) groups is 1. The standard InChI is InChI=1S/C19H39N3O/c1-17(2)9-8-12-21-13-15-22(16-14-21)19(23)10-6-5-7-11-20-18(3)4/h17-18,20H,5-16H2,1-4H3. The van der Waals surface area contributed by atoms with E-state index in [0.717, 1.165) is 57.9 Å². The molecular formula is C19H39N3O. The number of nitrogens with one attached hydrogen (secondary N) is 1. The summed E-state index contributed by atoms with van der Waals surface area (Å²) in [4.78, 5) is 16.8. The van der Waals surface area contributed by atoms with Gasteiger partial charge in [0.15, 0.2) is 0 Å². The van der Waals surface area contributed by atoms with Crippen LogP contribution in [0.2, 0.25) is 0 Å². The zero-order valence-corrected chi connectivity index (χ0v) is 15.9. The smallest absolute Gasteiger partial charge is 0.222 e. The molecule has 23 heavy (non-hydrogen) atoms. The maximum absolute atomic E-state index is 12.2. The van der Waals surface area contributed by atoms with Gasteiger partial charge in [-0.05, 0) is 44.7 Å². The second-order valence-corrected chi connectivity index (χ2v) is 7.68. The van der Waals surface area contributed by atoms with E-state index in [9.17, 15) is 4.79 Å². The summed E-state index contributed by atoms with van der Waals surface area (Å²) < 4.78 is 0. The number of amides is 1. The van der Waals surface area contributed by atoms with Crippen molar-refractivity contribution >= 4 is 5.91 Å². The van der Waals surface area contributed by atoms with Crippen LogP contribution in [-0.2, 0) is 4.79 Å². The number of piperazine rings is 1. The highest BCUT2D eigenvalue weighted by Crippen LogP contribution is 2.10. The van der Waals surface area contributed by atoms with Gasteiger partial charge in [-0.25, -0.2) is 0 Å². The maximum atomic E-state index is 12.2. The Balaban J connectivity index is 2.04. The van der Waals surface area contributed by atoms with Gasteiger partial charge in [-0.3, -0.25) is 9.69 Å². The van der Waals surface area contributed by atoms with Crippen LogP contribution in [-0.4, -0.2) is 61.0 Å². The summed E-state index contributed by atoms with van der Waals surface area (Å²) in [6.07, 6.45) is 6.69. The van der Waals surface area contributed by atoms with Gasteiger partial charge in [-0.15, -0.1) is 0 Å². The fourth-order valence-electron chi connectivity index (χ4n) is 3.07. The van der Waals surface area contributed by atoms with Crippen molar-refractivity contribution in [2.45, 2.75) is 72.3 Å². The van der Waals surface area contributed by atoms with Crippen LogP contribution in [0.15, 0.2) is 0 Å². The van der Waals surface area contributed by atoms with Crippen LogP contribution in [0.25, 0.3) is 0 Å². The van der Waals surface area contributed by atoms with E-state index >= 15 is 0 Å². The Labute approximate surface area is 144 Å². The van der Waals surface area contributed by atoms with Crippen LogP contribution in [0.3, 0.4) is 0 Å². The van der Waals surface area contributed by atoms with Gasteiger partial charge in [-0.1, -0.05) is 34.1 Å². The molecule has 1 saturated heterocycles. The molecule has 4 heteroatoms. The average molecular weight is 326 g/mol. The highest BCUT2D eigenvalue weighted by atomic mass is 16.2. The molecule has 0 saturated carbocycles. The second kappa shape index (κ2) is 11.9. The first-order valence-electron chi connectivity index (χ1n) is 9.72. The minimum Gasteiger partial charge on any atom is -0.340 e.